The number of halogens is 2. The van der Waals surface area contributed by atoms with Crippen LogP contribution >= 0.6 is 23.2 Å². The first-order valence-electron chi connectivity index (χ1n) is 6.42. The van der Waals surface area contributed by atoms with Crippen LogP contribution < -0.4 is 5.73 Å². The molecule has 3 N–H and O–H groups in total. The molecule has 1 aliphatic carbocycles. The summed E-state index contributed by atoms with van der Waals surface area (Å²) in [6, 6.07) is 5.25. The van der Waals surface area contributed by atoms with Crippen molar-refractivity contribution in [2.24, 2.45) is 11.1 Å². The Morgan fingerprint density at radius 1 is 1.22 bits per heavy atom. The van der Waals surface area contributed by atoms with Crippen molar-refractivity contribution in [1.82, 2.24) is 0 Å². The van der Waals surface area contributed by atoms with E-state index in [2.05, 4.69) is 0 Å². The zero-order valence-corrected chi connectivity index (χ0v) is 11.8. The third-order valence-electron chi connectivity index (χ3n) is 4.09. The Hall–Kier alpha value is -0.280. The molecule has 1 saturated carbocycles. The lowest BCUT2D eigenvalue weighted by Crippen LogP contribution is -2.38. The minimum atomic E-state index is -0.604. The third-order valence-corrected chi connectivity index (χ3v) is 4.66. The zero-order chi connectivity index (χ0) is 13.2. The van der Waals surface area contributed by atoms with E-state index in [0.717, 1.165) is 31.2 Å². The molecule has 100 valence electrons. The lowest BCUT2D eigenvalue weighted by Gasteiger charge is -2.40. The SMILES string of the molecule is NCC1(C(O)c2ccc(Cl)cc2Cl)CCCCC1. The normalized spacial score (nSPS) is 20.7. The molecule has 0 bridgehead atoms. The molecule has 0 spiro atoms. The second-order valence-corrected chi connectivity index (χ2v) is 6.04. The second-order valence-electron chi connectivity index (χ2n) is 5.20. The fourth-order valence-corrected chi connectivity index (χ4v) is 3.41. The van der Waals surface area contributed by atoms with Gasteiger partial charge in [0.1, 0.15) is 0 Å². The summed E-state index contributed by atoms with van der Waals surface area (Å²) in [5, 5.41) is 11.8. The van der Waals surface area contributed by atoms with Gasteiger partial charge in [-0.25, -0.2) is 0 Å². The Morgan fingerprint density at radius 2 is 1.89 bits per heavy atom. The molecule has 2 rings (SSSR count). The summed E-state index contributed by atoms with van der Waals surface area (Å²) in [4.78, 5) is 0. The van der Waals surface area contributed by atoms with E-state index in [9.17, 15) is 5.11 Å². The Labute approximate surface area is 118 Å². The smallest absolute Gasteiger partial charge is 0.0872 e. The molecule has 1 aliphatic rings. The molecule has 0 aromatic heterocycles. The fourth-order valence-electron chi connectivity index (χ4n) is 2.90. The number of aliphatic hydroxyl groups is 1. The third kappa shape index (κ3) is 2.67. The first-order chi connectivity index (χ1) is 8.59. The molecule has 1 unspecified atom stereocenters. The molecule has 1 aromatic carbocycles. The maximum atomic E-state index is 10.7. The summed E-state index contributed by atoms with van der Waals surface area (Å²) in [6.07, 6.45) is 4.79. The minimum absolute atomic E-state index is 0.226. The topological polar surface area (TPSA) is 46.2 Å². The van der Waals surface area contributed by atoms with E-state index in [1.54, 1.807) is 18.2 Å². The van der Waals surface area contributed by atoms with Gasteiger partial charge in [0.2, 0.25) is 0 Å². The monoisotopic (exact) mass is 287 g/mol. The Bertz CT molecular complexity index is 416. The van der Waals surface area contributed by atoms with Gasteiger partial charge in [0.15, 0.2) is 0 Å². The van der Waals surface area contributed by atoms with Gasteiger partial charge in [0.05, 0.1) is 6.10 Å². The summed E-state index contributed by atoms with van der Waals surface area (Å²) in [5.74, 6) is 0. The van der Waals surface area contributed by atoms with E-state index in [1.165, 1.54) is 6.42 Å². The van der Waals surface area contributed by atoms with Crippen molar-refractivity contribution < 1.29 is 5.11 Å². The van der Waals surface area contributed by atoms with E-state index in [1.807, 2.05) is 0 Å². The number of hydrogen-bond donors (Lipinski definition) is 2. The molecule has 18 heavy (non-hydrogen) atoms. The van der Waals surface area contributed by atoms with Crippen LogP contribution in [0.15, 0.2) is 18.2 Å². The first kappa shape index (κ1) is 14.1. The van der Waals surface area contributed by atoms with Gasteiger partial charge in [-0.05, 0) is 30.5 Å². The number of nitrogens with two attached hydrogens (primary N) is 1. The maximum Gasteiger partial charge on any atom is 0.0872 e. The predicted octanol–water partition coefficient (Wildman–Crippen LogP) is 3.94. The Kier molecular flexibility index (Phi) is 4.54. The quantitative estimate of drug-likeness (QED) is 0.885. The van der Waals surface area contributed by atoms with Crippen LogP contribution in [0.5, 0.6) is 0 Å². The van der Waals surface area contributed by atoms with Gasteiger partial charge in [-0.2, -0.15) is 0 Å². The molecule has 0 heterocycles. The van der Waals surface area contributed by atoms with Crippen LogP contribution in [0, 0.1) is 5.41 Å². The van der Waals surface area contributed by atoms with Crippen LogP contribution in [0.25, 0.3) is 0 Å². The molecule has 1 aromatic rings. The highest BCUT2D eigenvalue weighted by molar-refractivity contribution is 6.35. The van der Waals surface area contributed by atoms with Crippen molar-refractivity contribution >= 4 is 23.2 Å². The molecule has 4 heteroatoms. The molecule has 2 nitrogen and oxygen atoms in total. The number of aliphatic hydroxyl groups excluding tert-OH is 1. The van der Waals surface area contributed by atoms with Crippen LogP contribution in [0.1, 0.15) is 43.8 Å². The summed E-state index contributed by atoms with van der Waals surface area (Å²) >= 11 is 12.1. The van der Waals surface area contributed by atoms with Crippen molar-refractivity contribution in [2.45, 2.75) is 38.2 Å². The summed E-state index contributed by atoms with van der Waals surface area (Å²) in [7, 11) is 0. The number of hydrogen-bond acceptors (Lipinski definition) is 2. The molecule has 1 atom stereocenters. The van der Waals surface area contributed by atoms with E-state index in [0.29, 0.717) is 16.6 Å². The number of benzene rings is 1. The summed E-state index contributed by atoms with van der Waals surface area (Å²) < 4.78 is 0. The van der Waals surface area contributed by atoms with Crippen molar-refractivity contribution in [3.8, 4) is 0 Å². The Balaban J connectivity index is 2.30. The maximum absolute atomic E-state index is 10.7. The average molecular weight is 288 g/mol. The molecule has 0 radical (unpaired) electrons. The van der Waals surface area contributed by atoms with E-state index < -0.39 is 6.10 Å². The second kappa shape index (κ2) is 5.79. The summed E-state index contributed by atoms with van der Waals surface area (Å²) in [6.45, 7) is 0.493. The van der Waals surface area contributed by atoms with Gasteiger partial charge in [-0.15, -0.1) is 0 Å². The van der Waals surface area contributed by atoms with Gasteiger partial charge in [-0.1, -0.05) is 48.5 Å². The Morgan fingerprint density at radius 3 is 2.44 bits per heavy atom. The van der Waals surface area contributed by atoms with Gasteiger partial charge in [-0.3, -0.25) is 0 Å². The standard InChI is InChI=1S/C14H19Cl2NO/c15-10-4-5-11(12(16)8-10)13(18)14(9-17)6-2-1-3-7-14/h4-5,8,13,18H,1-3,6-7,9,17H2. The van der Waals surface area contributed by atoms with Crippen LogP contribution in [0.3, 0.4) is 0 Å². The number of rotatable bonds is 3. The van der Waals surface area contributed by atoms with Crippen LogP contribution in [-0.2, 0) is 0 Å². The van der Waals surface area contributed by atoms with E-state index >= 15 is 0 Å². The van der Waals surface area contributed by atoms with Gasteiger partial charge >= 0.3 is 0 Å². The zero-order valence-electron chi connectivity index (χ0n) is 10.3. The first-order valence-corrected chi connectivity index (χ1v) is 7.18. The van der Waals surface area contributed by atoms with Crippen molar-refractivity contribution in [3.63, 3.8) is 0 Å². The van der Waals surface area contributed by atoms with Crippen LogP contribution in [0.2, 0.25) is 10.0 Å². The molecular weight excluding hydrogens is 269 g/mol. The highest BCUT2D eigenvalue weighted by Gasteiger charge is 2.39. The lowest BCUT2D eigenvalue weighted by atomic mass is 9.68. The molecule has 0 aliphatic heterocycles. The molecule has 1 fully saturated rings. The van der Waals surface area contributed by atoms with Gasteiger partial charge < -0.3 is 10.8 Å². The van der Waals surface area contributed by atoms with E-state index in [4.69, 9.17) is 28.9 Å². The van der Waals surface area contributed by atoms with Gasteiger partial charge in [0.25, 0.3) is 0 Å². The van der Waals surface area contributed by atoms with Crippen molar-refractivity contribution in [1.29, 1.82) is 0 Å². The average Bonchev–Trinajstić information content (AvgIpc) is 2.39. The largest absolute Gasteiger partial charge is 0.388 e. The highest BCUT2D eigenvalue weighted by Crippen LogP contribution is 2.46. The van der Waals surface area contributed by atoms with E-state index in [-0.39, 0.29) is 5.41 Å². The van der Waals surface area contributed by atoms with Gasteiger partial charge in [0, 0.05) is 22.0 Å². The predicted molar refractivity (Wildman–Crippen MR) is 76.0 cm³/mol. The van der Waals surface area contributed by atoms with Crippen LogP contribution in [0.4, 0.5) is 0 Å². The lowest BCUT2D eigenvalue weighted by molar-refractivity contribution is 0.000768. The van der Waals surface area contributed by atoms with Crippen molar-refractivity contribution in [2.75, 3.05) is 6.54 Å². The van der Waals surface area contributed by atoms with Crippen molar-refractivity contribution in [3.05, 3.63) is 33.8 Å². The summed E-state index contributed by atoms with van der Waals surface area (Å²) in [5.41, 5.74) is 6.44. The van der Waals surface area contributed by atoms with Crippen LogP contribution in [-0.4, -0.2) is 11.7 Å². The molecule has 0 amide bonds. The highest BCUT2D eigenvalue weighted by atomic mass is 35.5. The molecular formula is C14H19Cl2NO. The molecule has 0 saturated heterocycles. The minimum Gasteiger partial charge on any atom is -0.388 e. The fraction of sp³-hybridized carbons (Fsp3) is 0.571.